The largest absolute Gasteiger partial charge is 0.358 e. The van der Waals surface area contributed by atoms with Gasteiger partial charge in [0, 0.05) is 57.8 Å². The lowest BCUT2D eigenvalue weighted by atomic mass is 10.0. The number of aromatic nitrogens is 4. The van der Waals surface area contributed by atoms with Crippen molar-refractivity contribution in [3.63, 3.8) is 0 Å². The molecule has 0 aliphatic carbocycles. The number of fused-ring (bicyclic) bond motifs is 3. The van der Waals surface area contributed by atoms with Gasteiger partial charge in [-0.25, -0.2) is 22.4 Å². The quantitative estimate of drug-likeness (QED) is 0.393. The zero-order chi connectivity index (χ0) is 25.4. The zero-order valence-corrected chi connectivity index (χ0v) is 21.0. The Morgan fingerprint density at radius 2 is 1.86 bits per heavy atom. The van der Waals surface area contributed by atoms with Crippen LogP contribution in [0.15, 0.2) is 58.5 Å². The second-order valence-electron chi connectivity index (χ2n) is 9.14. The fraction of sp³-hybridized carbons (Fsp3) is 0.360. The van der Waals surface area contributed by atoms with Crippen LogP contribution in [0.25, 0.3) is 22.1 Å². The Bertz CT molecular complexity index is 1630. The third kappa shape index (κ3) is 4.02. The molecule has 3 aromatic heterocycles. The van der Waals surface area contributed by atoms with Crippen LogP contribution in [0, 0.1) is 11.3 Å². The van der Waals surface area contributed by atoms with Crippen LogP contribution in [0.5, 0.6) is 0 Å². The van der Waals surface area contributed by atoms with E-state index in [1.54, 1.807) is 66.2 Å². The van der Waals surface area contributed by atoms with Crippen molar-refractivity contribution in [3.05, 3.63) is 59.1 Å². The van der Waals surface area contributed by atoms with Gasteiger partial charge in [0.15, 0.2) is 11.5 Å². The summed E-state index contributed by atoms with van der Waals surface area (Å²) in [6.07, 6.45) is 4.98. The molecule has 0 saturated carbocycles. The van der Waals surface area contributed by atoms with E-state index in [0.29, 0.717) is 35.2 Å². The van der Waals surface area contributed by atoms with Gasteiger partial charge in [0.1, 0.15) is 5.52 Å². The van der Waals surface area contributed by atoms with Crippen molar-refractivity contribution in [1.82, 2.24) is 23.4 Å². The van der Waals surface area contributed by atoms with E-state index in [1.165, 1.54) is 6.20 Å². The molecular formula is C25H27N7O3S. The highest BCUT2D eigenvalue weighted by atomic mass is 32.2. The van der Waals surface area contributed by atoms with E-state index in [4.69, 9.17) is 5.26 Å². The molecule has 11 heteroatoms. The number of piperidine rings is 1. The van der Waals surface area contributed by atoms with Gasteiger partial charge in [-0.15, -0.1) is 0 Å². The van der Waals surface area contributed by atoms with E-state index < -0.39 is 10.0 Å². The third-order valence-corrected chi connectivity index (χ3v) is 8.38. The smallest absolute Gasteiger partial charge is 0.294 e. The summed E-state index contributed by atoms with van der Waals surface area (Å²) in [6.45, 7) is 2.27. The summed E-state index contributed by atoms with van der Waals surface area (Å²) < 4.78 is 29.7. The van der Waals surface area contributed by atoms with Crippen molar-refractivity contribution in [2.45, 2.75) is 30.2 Å². The Hall–Kier alpha value is -3.75. The first-order chi connectivity index (χ1) is 17.3. The van der Waals surface area contributed by atoms with Gasteiger partial charge in [0.05, 0.1) is 22.7 Å². The molecule has 10 nitrogen and oxygen atoms in total. The molecule has 0 N–H and O–H groups in total. The minimum Gasteiger partial charge on any atom is -0.358 e. The summed E-state index contributed by atoms with van der Waals surface area (Å²) >= 11 is 0. The summed E-state index contributed by atoms with van der Waals surface area (Å²) in [5.74, 6) is 0.312. The van der Waals surface area contributed by atoms with E-state index in [0.717, 1.165) is 29.9 Å². The normalized spacial score (nSPS) is 15.4. The number of hydrogen-bond donors (Lipinski definition) is 0. The molecule has 1 fully saturated rings. The van der Waals surface area contributed by atoms with Gasteiger partial charge in [0.2, 0.25) is 0 Å². The molecule has 4 heterocycles. The highest BCUT2D eigenvalue weighted by Gasteiger charge is 2.27. The lowest BCUT2D eigenvalue weighted by Gasteiger charge is -2.33. The van der Waals surface area contributed by atoms with Crippen LogP contribution in [0.1, 0.15) is 25.3 Å². The molecule has 5 rings (SSSR count). The average Bonchev–Trinajstić information content (AvgIpc) is 3.33. The lowest BCUT2D eigenvalue weighted by molar-refractivity contribution is 0.190. The molecular weight excluding hydrogens is 478 g/mol. The molecule has 0 atom stereocenters. The molecule has 36 heavy (non-hydrogen) atoms. The number of hydrogen-bond acceptors (Lipinski definition) is 8. The summed E-state index contributed by atoms with van der Waals surface area (Å²) in [4.78, 5) is 26.9. The first kappa shape index (κ1) is 24.0. The highest BCUT2D eigenvalue weighted by Crippen LogP contribution is 2.31. The van der Waals surface area contributed by atoms with Gasteiger partial charge < -0.3 is 9.80 Å². The highest BCUT2D eigenvalue weighted by molar-refractivity contribution is 7.90. The standard InChI is InChI=1S/C25H27N7O3S/c1-29(2)24-25(33)32(18-9-14-30(15-10-18)13-6-12-26)22-20-11-16-31(23(20)27-17-21(22)28-24)36(34,35)19-7-4-3-5-8-19/h3-5,7-8,11,16-18H,6,9-10,13-15H2,1-2H3. The molecule has 0 spiro atoms. The molecule has 4 aromatic rings. The summed E-state index contributed by atoms with van der Waals surface area (Å²) in [6, 6.07) is 12.0. The Balaban J connectivity index is 1.69. The maximum absolute atomic E-state index is 13.7. The Kier molecular flexibility index (Phi) is 6.24. The molecule has 186 valence electrons. The van der Waals surface area contributed by atoms with Crippen LogP contribution in [0.4, 0.5) is 5.82 Å². The summed E-state index contributed by atoms with van der Waals surface area (Å²) in [5, 5.41) is 9.48. The fourth-order valence-electron chi connectivity index (χ4n) is 4.89. The molecule has 0 amide bonds. The van der Waals surface area contributed by atoms with Crippen LogP contribution in [-0.4, -0.2) is 65.6 Å². The fourth-order valence-corrected chi connectivity index (χ4v) is 6.22. The third-order valence-electron chi connectivity index (χ3n) is 6.70. The Labute approximate surface area is 209 Å². The Morgan fingerprint density at radius 1 is 1.14 bits per heavy atom. The first-order valence-corrected chi connectivity index (χ1v) is 13.3. The molecule has 1 aliphatic heterocycles. The van der Waals surface area contributed by atoms with Crippen LogP contribution < -0.4 is 10.5 Å². The van der Waals surface area contributed by atoms with Gasteiger partial charge >= 0.3 is 0 Å². The number of nitrogens with zero attached hydrogens (tertiary/aromatic N) is 7. The van der Waals surface area contributed by atoms with Crippen molar-refractivity contribution in [1.29, 1.82) is 5.26 Å². The van der Waals surface area contributed by atoms with E-state index in [9.17, 15) is 13.2 Å². The average molecular weight is 506 g/mol. The maximum Gasteiger partial charge on any atom is 0.294 e. The molecule has 0 radical (unpaired) electrons. The van der Waals surface area contributed by atoms with Gasteiger partial charge in [-0.1, -0.05) is 18.2 Å². The number of benzene rings is 1. The number of rotatable bonds is 6. The van der Waals surface area contributed by atoms with Gasteiger partial charge in [-0.2, -0.15) is 5.26 Å². The minimum atomic E-state index is -3.87. The van der Waals surface area contributed by atoms with Gasteiger partial charge in [-0.05, 0) is 31.0 Å². The molecule has 1 aromatic carbocycles. The molecule has 0 unspecified atom stereocenters. The van der Waals surface area contributed by atoms with Crippen LogP contribution >= 0.6 is 0 Å². The van der Waals surface area contributed by atoms with Crippen molar-refractivity contribution < 1.29 is 8.42 Å². The van der Waals surface area contributed by atoms with Gasteiger partial charge in [-0.3, -0.25) is 9.36 Å². The lowest BCUT2D eigenvalue weighted by Crippen LogP contribution is -2.39. The molecule has 0 bridgehead atoms. The van der Waals surface area contributed by atoms with Crippen LogP contribution in [0.3, 0.4) is 0 Å². The number of pyridine rings is 1. The second-order valence-corrected chi connectivity index (χ2v) is 11.0. The topological polar surface area (TPSA) is 117 Å². The van der Waals surface area contributed by atoms with Crippen molar-refractivity contribution in [2.24, 2.45) is 0 Å². The maximum atomic E-state index is 13.7. The summed E-state index contributed by atoms with van der Waals surface area (Å²) in [5.41, 5.74) is 1.17. The monoisotopic (exact) mass is 505 g/mol. The van der Waals surface area contributed by atoms with Crippen LogP contribution in [-0.2, 0) is 10.0 Å². The predicted molar refractivity (Wildman–Crippen MR) is 138 cm³/mol. The van der Waals surface area contributed by atoms with Gasteiger partial charge in [0.25, 0.3) is 15.6 Å². The van der Waals surface area contributed by atoms with Crippen molar-refractivity contribution >= 4 is 37.9 Å². The first-order valence-electron chi connectivity index (χ1n) is 11.8. The molecule has 1 aliphatic rings. The van der Waals surface area contributed by atoms with E-state index >= 15 is 0 Å². The second kappa shape index (κ2) is 9.37. The summed E-state index contributed by atoms with van der Waals surface area (Å²) in [7, 11) is -0.317. The van der Waals surface area contributed by atoms with Crippen LogP contribution in [0.2, 0.25) is 0 Å². The van der Waals surface area contributed by atoms with Crippen molar-refractivity contribution in [2.75, 3.05) is 38.6 Å². The number of likely N-dealkylation sites (tertiary alicyclic amines) is 1. The van der Waals surface area contributed by atoms with E-state index in [-0.39, 0.29) is 22.1 Å². The predicted octanol–water partition coefficient (Wildman–Crippen LogP) is 2.60. The number of nitriles is 1. The molecule has 1 saturated heterocycles. The SMILES string of the molecule is CN(C)c1nc2cnc3c(ccn3S(=O)(=O)c3ccccc3)c2n(C2CCN(CCC#N)CC2)c1=O. The van der Waals surface area contributed by atoms with Crippen molar-refractivity contribution in [3.8, 4) is 6.07 Å². The minimum absolute atomic E-state index is 0.0836. The van der Waals surface area contributed by atoms with E-state index in [1.807, 2.05) is 0 Å². The zero-order valence-electron chi connectivity index (χ0n) is 20.2. The Morgan fingerprint density at radius 3 is 2.53 bits per heavy atom. The van der Waals surface area contributed by atoms with E-state index in [2.05, 4.69) is 20.9 Å². The number of anilines is 1.